The number of carbonyl (C=O) groups is 1. The van der Waals surface area contributed by atoms with Crippen molar-refractivity contribution >= 4 is 5.97 Å². The van der Waals surface area contributed by atoms with Gasteiger partial charge in [-0.3, -0.25) is 4.79 Å². The maximum Gasteiger partial charge on any atom is 0.306 e. The summed E-state index contributed by atoms with van der Waals surface area (Å²) >= 11 is 0. The van der Waals surface area contributed by atoms with Crippen molar-refractivity contribution in [2.24, 2.45) is 5.92 Å². The topological polar surface area (TPSA) is 46.5 Å². The van der Waals surface area contributed by atoms with Gasteiger partial charge in [0.05, 0.1) is 18.1 Å². The van der Waals surface area contributed by atoms with Crippen molar-refractivity contribution in [3.8, 4) is 0 Å². The first-order valence-corrected chi connectivity index (χ1v) is 5.35. The molecule has 0 saturated heterocycles. The average Bonchev–Trinajstić information content (AvgIpc) is 1.99. The van der Waals surface area contributed by atoms with Gasteiger partial charge in [0, 0.05) is 0 Å². The van der Waals surface area contributed by atoms with Crippen LogP contribution in [-0.4, -0.2) is 22.8 Å². The van der Waals surface area contributed by atoms with Gasteiger partial charge in [-0.05, 0) is 32.1 Å². The second kappa shape index (κ2) is 4.30. The number of hydrogen-bond acceptors (Lipinski definition) is 2. The zero-order chi connectivity index (χ0) is 10.8. The van der Waals surface area contributed by atoms with Gasteiger partial charge in [-0.15, -0.1) is 0 Å². The Morgan fingerprint density at radius 2 is 2.00 bits per heavy atom. The maximum absolute atomic E-state index is 10.7. The fourth-order valence-electron chi connectivity index (χ4n) is 1.71. The molecule has 0 spiro atoms. The molecule has 0 amide bonds. The van der Waals surface area contributed by atoms with Gasteiger partial charge in [-0.2, -0.15) is 0 Å². The van der Waals surface area contributed by atoms with E-state index in [1.54, 1.807) is 0 Å². The summed E-state index contributed by atoms with van der Waals surface area (Å²) in [6.45, 7) is 6.21. The summed E-state index contributed by atoms with van der Waals surface area (Å²) in [5.74, 6) is -0.304. The second-order valence-corrected chi connectivity index (χ2v) is 4.67. The highest BCUT2D eigenvalue weighted by Crippen LogP contribution is 2.40. The molecule has 1 saturated carbocycles. The Morgan fingerprint density at radius 3 is 2.29 bits per heavy atom. The van der Waals surface area contributed by atoms with E-state index in [0.29, 0.717) is 5.92 Å². The molecule has 0 aromatic heterocycles. The first-order chi connectivity index (χ1) is 6.45. The summed E-state index contributed by atoms with van der Waals surface area (Å²) in [5.41, 5.74) is -0.352. The summed E-state index contributed by atoms with van der Waals surface area (Å²) in [7, 11) is 0. The summed E-state index contributed by atoms with van der Waals surface area (Å²) in [6.07, 6.45) is 3.20. The minimum absolute atomic E-state index is 0.148. The number of rotatable bonds is 5. The molecular weight excluding hydrogens is 180 g/mol. The van der Waals surface area contributed by atoms with Gasteiger partial charge in [0.15, 0.2) is 0 Å². The molecule has 0 aromatic rings. The largest absolute Gasteiger partial charge is 0.481 e. The van der Waals surface area contributed by atoms with E-state index >= 15 is 0 Å². The zero-order valence-corrected chi connectivity index (χ0v) is 9.25. The van der Waals surface area contributed by atoms with Gasteiger partial charge in [0.1, 0.15) is 0 Å². The lowest BCUT2D eigenvalue weighted by molar-refractivity contribution is -0.169. The smallest absolute Gasteiger partial charge is 0.306 e. The van der Waals surface area contributed by atoms with E-state index < -0.39 is 5.97 Å². The van der Waals surface area contributed by atoms with E-state index in [4.69, 9.17) is 9.84 Å². The summed E-state index contributed by atoms with van der Waals surface area (Å²) < 4.78 is 5.87. The number of ether oxygens (including phenoxy) is 1. The van der Waals surface area contributed by atoms with Crippen LogP contribution < -0.4 is 0 Å². The van der Waals surface area contributed by atoms with E-state index in [2.05, 4.69) is 13.8 Å². The molecule has 1 aliphatic carbocycles. The molecule has 3 nitrogen and oxygen atoms in total. The molecule has 0 heterocycles. The fourth-order valence-corrected chi connectivity index (χ4v) is 1.71. The Bertz CT molecular complexity index is 207. The molecule has 82 valence electrons. The minimum Gasteiger partial charge on any atom is -0.481 e. The lowest BCUT2D eigenvalue weighted by atomic mass is 9.77. The molecular formula is C11H20O3. The van der Waals surface area contributed by atoms with Gasteiger partial charge >= 0.3 is 5.97 Å². The predicted molar refractivity (Wildman–Crippen MR) is 54.2 cm³/mol. The third-order valence-corrected chi connectivity index (χ3v) is 3.11. The van der Waals surface area contributed by atoms with Crippen LogP contribution in [0.25, 0.3) is 0 Å². The van der Waals surface area contributed by atoms with Crippen LogP contribution in [0.5, 0.6) is 0 Å². The molecule has 1 aliphatic rings. The van der Waals surface area contributed by atoms with Crippen molar-refractivity contribution in [2.45, 2.75) is 58.2 Å². The van der Waals surface area contributed by atoms with Crippen LogP contribution in [0.2, 0.25) is 0 Å². The highest BCUT2D eigenvalue weighted by atomic mass is 16.5. The monoisotopic (exact) mass is 200 g/mol. The maximum atomic E-state index is 10.7. The van der Waals surface area contributed by atoms with Gasteiger partial charge in [-0.1, -0.05) is 13.8 Å². The Labute approximate surface area is 85.5 Å². The molecule has 0 aromatic carbocycles. The summed E-state index contributed by atoms with van der Waals surface area (Å²) in [6, 6.07) is 0. The van der Waals surface area contributed by atoms with Gasteiger partial charge in [0.2, 0.25) is 0 Å². The highest BCUT2D eigenvalue weighted by Gasteiger charge is 2.41. The average molecular weight is 200 g/mol. The molecule has 0 aliphatic heterocycles. The Balaban J connectivity index is 2.49. The number of aliphatic carboxylic acids is 1. The Hall–Kier alpha value is -0.570. The first kappa shape index (κ1) is 11.5. The van der Waals surface area contributed by atoms with Crippen LogP contribution in [0, 0.1) is 5.92 Å². The Morgan fingerprint density at radius 1 is 1.43 bits per heavy atom. The van der Waals surface area contributed by atoms with E-state index in [1.807, 2.05) is 6.92 Å². The first-order valence-electron chi connectivity index (χ1n) is 5.35. The van der Waals surface area contributed by atoms with E-state index in [1.165, 1.54) is 0 Å². The van der Waals surface area contributed by atoms with Crippen LogP contribution >= 0.6 is 0 Å². The molecule has 1 rings (SSSR count). The quantitative estimate of drug-likeness (QED) is 0.741. The van der Waals surface area contributed by atoms with E-state index in [-0.39, 0.29) is 18.1 Å². The van der Waals surface area contributed by atoms with Crippen molar-refractivity contribution in [1.29, 1.82) is 0 Å². The molecule has 1 N–H and O–H groups in total. The molecule has 1 fully saturated rings. The molecule has 1 unspecified atom stereocenters. The second-order valence-electron chi connectivity index (χ2n) is 4.67. The zero-order valence-electron chi connectivity index (χ0n) is 9.25. The number of carboxylic acids is 1. The standard InChI is InChI=1S/C11H20O3/c1-8(2)9(3)14-11(5-4-6-11)7-10(12)13/h8-9H,4-7H2,1-3H3,(H,12,13). The Kier molecular flexibility index (Phi) is 3.53. The minimum atomic E-state index is -0.749. The molecule has 0 radical (unpaired) electrons. The fraction of sp³-hybridized carbons (Fsp3) is 0.909. The van der Waals surface area contributed by atoms with E-state index in [9.17, 15) is 4.79 Å². The summed E-state index contributed by atoms with van der Waals surface area (Å²) in [5, 5.41) is 8.79. The molecule has 3 heteroatoms. The SMILES string of the molecule is CC(C)C(C)OC1(CC(=O)O)CCC1. The van der Waals surface area contributed by atoms with Crippen molar-refractivity contribution in [3.05, 3.63) is 0 Å². The van der Waals surface area contributed by atoms with Crippen molar-refractivity contribution in [3.63, 3.8) is 0 Å². The lowest BCUT2D eigenvalue weighted by Crippen LogP contribution is -2.45. The number of carboxylic acid groups (broad SMARTS) is 1. The van der Waals surface area contributed by atoms with Gasteiger partial charge < -0.3 is 9.84 Å². The highest BCUT2D eigenvalue weighted by molar-refractivity contribution is 5.68. The van der Waals surface area contributed by atoms with E-state index in [0.717, 1.165) is 19.3 Å². The van der Waals surface area contributed by atoms with Gasteiger partial charge in [0.25, 0.3) is 0 Å². The third-order valence-electron chi connectivity index (χ3n) is 3.11. The number of hydrogen-bond donors (Lipinski definition) is 1. The normalized spacial score (nSPS) is 21.7. The van der Waals surface area contributed by atoms with Crippen LogP contribution in [-0.2, 0) is 9.53 Å². The summed E-state index contributed by atoms with van der Waals surface area (Å²) in [4.78, 5) is 10.7. The third kappa shape index (κ3) is 2.71. The van der Waals surface area contributed by atoms with Crippen LogP contribution in [0.3, 0.4) is 0 Å². The lowest BCUT2D eigenvalue weighted by Gasteiger charge is -2.43. The molecule has 14 heavy (non-hydrogen) atoms. The predicted octanol–water partition coefficient (Wildman–Crippen LogP) is 2.44. The van der Waals surface area contributed by atoms with Crippen molar-refractivity contribution < 1.29 is 14.6 Å². The van der Waals surface area contributed by atoms with Crippen LogP contribution in [0.4, 0.5) is 0 Å². The van der Waals surface area contributed by atoms with Gasteiger partial charge in [-0.25, -0.2) is 0 Å². The van der Waals surface area contributed by atoms with Crippen molar-refractivity contribution in [1.82, 2.24) is 0 Å². The molecule has 1 atom stereocenters. The molecule has 0 bridgehead atoms. The van der Waals surface area contributed by atoms with Crippen molar-refractivity contribution in [2.75, 3.05) is 0 Å². The van der Waals surface area contributed by atoms with Crippen LogP contribution in [0.15, 0.2) is 0 Å². The van der Waals surface area contributed by atoms with Crippen LogP contribution in [0.1, 0.15) is 46.5 Å².